The molecule has 2 aromatic rings. The summed E-state index contributed by atoms with van der Waals surface area (Å²) in [4.78, 5) is 33.9. The van der Waals surface area contributed by atoms with Crippen LogP contribution in [0.3, 0.4) is 0 Å². The van der Waals surface area contributed by atoms with Crippen molar-refractivity contribution >= 4 is 23.0 Å². The normalized spacial score (nSPS) is 14.2. The third-order valence-corrected chi connectivity index (χ3v) is 4.06. The highest BCUT2D eigenvalue weighted by Gasteiger charge is 2.25. The van der Waals surface area contributed by atoms with E-state index in [0.717, 1.165) is 10.8 Å². The van der Waals surface area contributed by atoms with Gasteiger partial charge in [-0.1, -0.05) is 0 Å². The first kappa shape index (κ1) is 13.0. The lowest BCUT2D eigenvalue weighted by Gasteiger charge is -2.26. The van der Waals surface area contributed by atoms with Gasteiger partial charge in [-0.05, 0) is 6.92 Å². The quantitative estimate of drug-likeness (QED) is 0.786. The van der Waals surface area contributed by atoms with Crippen molar-refractivity contribution in [3.8, 4) is 0 Å². The van der Waals surface area contributed by atoms with Crippen molar-refractivity contribution in [3.63, 3.8) is 0 Å². The van der Waals surface area contributed by atoms with Crippen LogP contribution in [0.25, 0.3) is 0 Å². The van der Waals surface area contributed by atoms with Crippen molar-refractivity contribution in [2.45, 2.75) is 26.9 Å². The fourth-order valence-electron chi connectivity index (χ4n) is 2.22. The molecular formula is C13H14N4O2S. The van der Waals surface area contributed by atoms with Gasteiger partial charge in [0, 0.05) is 31.6 Å². The van der Waals surface area contributed by atoms with E-state index >= 15 is 0 Å². The molecule has 1 aliphatic heterocycles. The first-order valence-electron chi connectivity index (χ1n) is 6.33. The van der Waals surface area contributed by atoms with Crippen molar-refractivity contribution in [2.75, 3.05) is 6.54 Å². The molecule has 1 aliphatic rings. The summed E-state index contributed by atoms with van der Waals surface area (Å²) in [6.07, 6.45) is 1.76. The van der Waals surface area contributed by atoms with Crippen LogP contribution in [0, 0.1) is 6.92 Å². The highest BCUT2D eigenvalue weighted by molar-refractivity contribution is 7.09. The monoisotopic (exact) mass is 290 g/mol. The second-order valence-corrected chi connectivity index (χ2v) is 5.83. The average molecular weight is 290 g/mol. The Labute approximate surface area is 120 Å². The summed E-state index contributed by atoms with van der Waals surface area (Å²) in [5.74, 6) is 0.620. The molecule has 0 atom stereocenters. The topological polar surface area (TPSA) is 68.1 Å². The molecule has 0 saturated heterocycles. The first-order valence-corrected chi connectivity index (χ1v) is 7.21. The zero-order valence-electron chi connectivity index (χ0n) is 11.3. The van der Waals surface area contributed by atoms with Crippen LogP contribution >= 0.6 is 11.3 Å². The van der Waals surface area contributed by atoms with Crippen LogP contribution in [0.2, 0.25) is 0 Å². The predicted molar refractivity (Wildman–Crippen MR) is 73.8 cm³/mol. The zero-order valence-corrected chi connectivity index (χ0v) is 12.1. The largest absolute Gasteiger partial charge is 0.331 e. The summed E-state index contributed by atoms with van der Waals surface area (Å²) in [6, 6.07) is 0. The third-order valence-electron chi connectivity index (χ3n) is 3.29. The number of amides is 1. The Morgan fingerprint density at radius 3 is 2.70 bits per heavy atom. The molecule has 20 heavy (non-hydrogen) atoms. The summed E-state index contributed by atoms with van der Waals surface area (Å²) < 4.78 is 1.94. The van der Waals surface area contributed by atoms with Gasteiger partial charge in [-0.2, -0.15) is 0 Å². The highest BCUT2D eigenvalue weighted by Crippen LogP contribution is 2.17. The predicted octanol–water partition coefficient (Wildman–Crippen LogP) is 1.51. The minimum absolute atomic E-state index is 0.0556. The van der Waals surface area contributed by atoms with Gasteiger partial charge in [0.25, 0.3) is 5.91 Å². The van der Waals surface area contributed by atoms with Crippen LogP contribution in [0.5, 0.6) is 0 Å². The van der Waals surface area contributed by atoms with E-state index in [1.165, 1.54) is 18.3 Å². The maximum Gasteiger partial charge on any atom is 0.273 e. The van der Waals surface area contributed by atoms with Gasteiger partial charge in [0.2, 0.25) is 0 Å². The number of Topliss-reactive ketones (excluding diaryl/α,β-unsaturated/α-hetero) is 1. The van der Waals surface area contributed by atoms with E-state index in [1.54, 1.807) is 16.5 Å². The Kier molecular flexibility index (Phi) is 3.13. The SMILES string of the molecule is CC(=O)c1cn2c(n1)CN(C(=O)c1csc(C)n1)CC2. The number of aromatic nitrogens is 3. The number of aryl methyl sites for hydroxylation is 1. The van der Waals surface area contributed by atoms with Crippen molar-refractivity contribution in [1.29, 1.82) is 0 Å². The maximum absolute atomic E-state index is 12.3. The summed E-state index contributed by atoms with van der Waals surface area (Å²) in [5.41, 5.74) is 0.943. The molecule has 0 radical (unpaired) electrons. The van der Waals surface area contributed by atoms with Gasteiger partial charge in [0.15, 0.2) is 5.78 Å². The number of hydrogen-bond donors (Lipinski definition) is 0. The number of imidazole rings is 1. The van der Waals surface area contributed by atoms with E-state index in [9.17, 15) is 9.59 Å². The number of thiazole rings is 1. The van der Waals surface area contributed by atoms with E-state index in [2.05, 4.69) is 9.97 Å². The van der Waals surface area contributed by atoms with Crippen LogP contribution in [0.1, 0.15) is 38.7 Å². The Morgan fingerprint density at radius 1 is 1.25 bits per heavy atom. The van der Waals surface area contributed by atoms with Crippen LogP contribution in [0.15, 0.2) is 11.6 Å². The second-order valence-electron chi connectivity index (χ2n) is 4.77. The zero-order chi connectivity index (χ0) is 14.3. The fraction of sp³-hybridized carbons (Fsp3) is 0.385. The molecule has 7 heteroatoms. The number of rotatable bonds is 2. The number of hydrogen-bond acceptors (Lipinski definition) is 5. The number of fused-ring (bicyclic) bond motifs is 1. The number of carbonyl (C=O) groups excluding carboxylic acids is 2. The molecule has 3 heterocycles. The molecule has 104 valence electrons. The highest BCUT2D eigenvalue weighted by atomic mass is 32.1. The third kappa shape index (κ3) is 2.24. The summed E-state index contributed by atoms with van der Waals surface area (Å²) in [6.45, 7) is 5.06. The van der Waals surface area contributed by atoms with E-state index in [-0.39, 0.29) is 11.7 Å². The molecule has 0 aromatic carbocycles. The van der Waals surface area contributed by atoms with Crippen molar-refractivity contribution in [2.24, 2.45) is 0 Å². The van der Waals surface area contributed by atoms with Crippen molar-refractivity contribution in [1.82, 2.24) is 19.4 Å². The lowest BCUT2D eigenvalue weighted by molar-refractivity contribution is 0.0702. The Balaban J connectivity index is 1.81. The van der Waals surface area contributed by atoms with Crippen molar-refractivity contribution in [3.05, 3.63) is 33.8 Å². The van der Waals surface area contributed by atoms with Gasteiger partial charge < -0.3 is 9.47 Å². The smallest absolute Gasteiger partial charge is 0.273 e. The Morgan fingerprint density at radius 2 is 2.05 bits per heavy atom. The first-order chi connectivity index (χ1) is 9.54. The second kappa shape index (κ2) is 4.82. The van der Waals surface area contributed by atoms with Gasteiger partial charge in [-0.15, -0.1) is 11.3 Å². The minimum Gasteiger partial charge on any atom is -0.331 e. The van der Waals surface area contributed by atoms with Crippen LogP contribution in [0.4, 0.5) is 0 Å². The Bertz CT molecular complexity index is 688. The summed E-state index contributed by atoms with van der Waals surface area (Å²) in [7, 11) is 0. The molecule has 0 bridgehead atoms. The van der Waals surface area contributed by atoms with E-state index < -0.39 is 0 Å². The number of ketones is 1. The minimum atomic E-state index is -0.0759. The van der Waals surface area contributed by atoms with Crippen LogP contribution in [-0.2, 0) is 13.1 Å². The number of nitrogens with zero attached hydrogens (tertiary/aromatic N) is 4. The standard InChI is InChI=1S/C13H14N4O2S/c1-8(18)10-5-16-3-4-17(6-12(16)15-10)13(19)11-7-20-9(2)14-11/h5,7H,3-4,6H2,1-2H3. The van der Waals surface area contributed by atoms with Crippen LogP contribution < -0.4 is 0 Å². The molecule has 2 aromatic heterocycles. The Hall–Kier alpha value is -2.02. The average Bonchev–Trinajstić information content (AvgIpc) is 3.02. The van der Waals surface area contributed by atoms with Gasteiger partial charge in [-0.25, -0.2) is 9.97 Å². The molecule has 6 nitrogen and oxygen atoms in total. The van der Waals surface area contributed by atoms with Gasteiger partial charge in [0.1, 0.15) is 17.2 Å². The summed E-state index contributed by atoms with van der Waals surface area (Å²) in [5, 5.41) is 2.66. The molecule has 3 rings (SSSR count). The van der Waals surface area contributed by atoms with Crippen LogP contribution in [-0.4, -0.2) is 37.7 Å². The van der Waals surface area contributed by atoms with Gasteiger partial charge in [-0.3, -0.25) is 9.59 Å². The maximum atomic E-state index is 12.3. The molecule has 0 saturated carbocycles. The summed E-state index contributed by atoms with van der Waals surface area (Å²) >= 11 is 1.47. The fourth-order valence-corrected chi connectivity index (χ4v) is 2.81. The molecule has 0 spiro atoms. The molecule has 0 unspecified atom stereocenters. The molecular weight excluding hydrogens is 276 g/mol. The van der Waals surface area contributed by atoms with Crippen molar-refractivity contribution < 1.29 is 9.59 Å². The molecule has 0 N–H and O–H groups in total. The number of carbonyl (C=O) groups is 2. The molecule has 0 aliphatic carbocycles. The molecule has 1 amide bonds. The van der Waals surface area contributed by atoms with E-state index in [0.29, 0.717) is 31.0 Å². The van der Waals surface area contributed by atoms with Gasteiger partial charge in [0.05, 0.1) is 11.6 Å². The van der Waals surface area contributed by atoms with E-state index in [1.807, 2.05) is 11.5 Å². The lowest BCUT2D eigenvalue weighted by Crippen LogP contribution is -2.38. The molecule has 0 fully saturated rings. The van der Waals surface area contributed by atoms with Gasteiger partial charge >= 0.3 is 0 Å². The van der Waals surface area contributed by atoms with E-state index in [4.69, 9.17) is 0 Å². The lowest BCUT2D eigenvalue weighted by atomic mass is 10.3.